The van der Waals surface area contributed by atoms with Crippen LogP contribution in [-0.4, -0.2) is 92.9 Å². The Balaban J connectivity index is 1.55. The van der Waals surface area contributed by atoms with E-state index >= 15 is 0 Å². The minimum absolute atomic E-state index is 0.0340. The molecule has 2 aliphatic heterocycles. The predicted molar refractivity (Wildman–Crippen MR) is 116 cm³/mol. The van der Waals surface area contributed by atoms with Gasteiger partial charge in [-0.25, -0.2) is 0 Å². The monoisotopic (exact) mass is 468 g/mol. The summed E-state index contributed by atoms with van der Waals surface area (Å²) in [5.74, 6) is 0.452. The van der Waals surface area contributed by atoms with Gasteiger partial charge in [0.25, 0.3) is 0 Å². The third-order valence-electron chi connectivity index (χ3n) is 7.18. The highest BCUT2D eigenvalue weighted by Gasteiger charge is 2.49. The summed E-state index contributed by atoms with van der Waals surface area (Å²) in [6, 6.07) is 7.83. The van der Waals surface area contributed by atoms with Gasteiger partial charge in [-0.3, -0.25) is 0 Å². The van der Waals surface area contributed by atoms with Gasteiger partial charge in [-0.15, -0.1) is 0 Å². The number of aliphatic hydroxyl groups excluding tert-OH is 6. The van der Waals surface area contributed by atoms with E-state index in [1.165, 1.54) is 24.8 Å². The van der Waals surface area contributed by atoms with Crippen LogP contribution in [-0.2, 0) is 14.2 Å². The molecule has 3 fully saturated rings. The van der Waals surface area contributed by atoms with E-state index in [2.05, 4.69) is 6.07 Å². The zero-order valence-corrected chi connectivity index (χ0v) is 18.6. The molecule has 6 N–H and O–H groups in total. The van der Waals surface area contributed by atoms with E-state index in [1.807, 2.05) is 18.2 Å². The van der Waals surface area contributed by atoms with E-state index in [0.717, 1.165) is 12.8 Å². The first-order valence-corrected chi connectivity index (χ1v) is 11.9. The molecule has 4 rings (SSSR count). The van der Waals surface area contributed by atoms with Crippen molar-refractivity contribution >= 4 is 0 Å². The molecule has 3 aliphatic rings. The largest absolute Gasteiger partial charge is 0.394 e. The molecule has 1 aromatic carbocycles. The fourth-order valence-corrected chi connectivity index (χ4v) is 5.25. The molecule has 2 heterocycles. The van der Waals surface area contributed by atoms with Gasteiger partial charge in [0.15, 0.2) is 6.29 Å². The molecule has 0 spiro atoms. The molecule has 0 amide bonds. The number of rotatable bonds is 6. The number of benzene rings is 1. The van der Waals surface area contributed by atoms with Crippen molar-refractivity contribution in [2.45, 2.75) is 99.6 Å². The zero-order chi connectivity index (χ0) is 23.5. The minimum Gasteiger partial charge on any atom is -0.394 e. The standard InChI is InChI=1S/C24H36O9/c25-11-16-10-17(27)19(28)24(31-16)33-23-20(29)18(12-26)32-22(21(23)30)15-8-4-7-14(9-15)13-5-2-1-3-6-13/h4,7-9,13,16-30H,1-3,5-6,10-12H2/t16-,17-,18+,19-,20+,21+,22+,23-,24+/m0/s1. The summed E-state index contributed by atoms with van der Waals surface area (Å²) < 4.78 is 17.2. The summed E-state index contributed by atoms with van der Waals surface area (Å²) in [6.45, 7) is -0.874. The summed E-state index contributed by atoms with van der Waals surface area (Å²) in [7, 11) is 0. The average molecular weight is 469 g/mol. The molecule has 0 bridgehead atoms. The minimum atomic E-state index is -1.42. The lowest BCUT2D eigenvalue weighted by molar-refractivity contribution is -0.327. The second-order valence-electron chi connectivity index (χ2n) is 9.47. The normalized spacial score (nSPS) is 40.6. The first kappa shape index (κ1) is 25.0. The number of hydrogen-bond donors (Lipinski definition) is 6. The van der Waals surface area contributed by atoms with Crippen LogP contribution in [0.4, 0.5) is 0 Å². The van der Waals surface area contributed by atoms with Crippen LogP contribution < -0.4 is 0 Å². The van der Waals surface area contributed by atoms with E-state index in [4.69, 9.17) is 14.2 Å². The van der Waals surface area contributed by atoms with E-state index in [0.29, 0.717) is 11.5 Å². The molecule has 9 atom stereocenters. The number of aliphatic hydroxyl groups is 6. The maximum absolute atomic E-state index is 11.1. The quantitative estimate of drug-likeness (QED) is 0.342. The van der Waals surface area contributed by atoms with Crippen LogP contribution in [0.25, 0.3) is 0 Å². The highest BCUT2D eigenvalue weighted by Crippen LogP contribution is 2.38. The second-order valence-corrected chi connectivity index (χ2v) is 9.47. The van der Waals surface area contributed by atoms with E-state index < -0.39 is 61.7 Å². The number of ether oxygens (including phenoxy) is 3. The Labute approximate surface area is 193 Å². The molecular formula is C24H36O9. The molecule has 1 saturated carbocycles. The van der Waals surface area contributed by atoms with Crippen molar-refractivity contribution in [3.8, 4) is 0 Å². The molecule has 0 radical (unpaired) electrons. The van der Waals surface area contributed by atoms with Crippen molar-refractivity contribution in [2.24, 2.45) is 0 Å². The molecule has 1 aromatic rings. The Morgan fingerprint density at radius 3 is 2.27 bits per heavy atom. The highest BCUT2D eigenvalue weighted by molar-refractivity contribution is 5.29. The van der Waals surface area contributed by atoms with Crippen molar-refractivity contribution in [1.82, 2.24) is 0 Å². The third kappa shape index (κ3) is 5.42. The lowest BCUT2D eigenvalue weighted by Crippen LogP contribution is -2.60. The van der Waals surface area contributed by atoms with Gasteiger partial charge in [0.2, 0.25) is 0 Å². The van der Waals surface area contributed by atoms with Gasteiger partial charge < -0.3 is 44.8 Å². The number of hydrogen-bond acceptors (Lipinski definition) is 9. The van der Waals surface area contributed by atoms with Crippen LogP contribution >= 0.6 is 0 Å². The molecular weight excluding hydrogens is 432 g/mol. The van der Waals surface area contributed by atoms with Crippen LogP contribution in [0.15, 0.2) is 24.3 Å². The smallest absolute Gasteiger partial charge is 0.186 e. The van der Waals surface area contributed by atoms with Gasteiger partial charge in [-0.05, 0) is 29.9 Å². The summed E-state index contributed by atoms with van der Waals surface area (Å²) in [5.41, 5.74) is 1.88. The Morgan fingerprint density at radius 1 is 0.848 bits per heavy atom. The van der Waals surface area contributed by atoms with E-state index in [9.17, 15) is 30.6 Å². The molecule has 0 aromatic heterocycles. The molecule has 1 aliphatic carbocycles. The van der Waals surface area contributed by atoms with Gasteiger partial charge in [-0.1, -0.05) is 43.5 Å². The molecule has 0 unspecified atom stereocenters. The topological polar surface area (TPSA) is 149 Å². The maximum atomic E-state index is 11.1. The Bertz CT molecular complexity index is 755. The zero-order valence-electron chi connectivity index (χ0n) is 18.6. The Kier molecular flexibility index (Phi) is 8.37. The maximum Gasteiger partial charge on any atom is 0.186 e. The van der Waals surface area contributed by atoms with E-state index in [-0.39, 0.29) is 13.0 Å². The van der Waals surface area contributed by atoms with Crippen molar-refractivity contribution < 1.29 is 44.8 Å². The summed E-state index contributed by atoms with van der Waals surface area (Å²) in [5, 5.41) is 61.4. The first-order valence-electron chi connectivity index (χ1n) is 11.9. The van der Waals surface area contributed by atoms with Crippen LogP contribution in [0.3, 0.4) is 0 Å². The lowest BCUT2D eigenvalue weighted by atomic mass is 9.82. The summed E-state index contributed by atoms with van der Waals surface area (Å²) in [6.07, 6.45) is -4.72. The van der Waals surface area contributed by atoms with Crippen LogP contribution in [0, 0.1) is 0 Å². The van der Waals surface area contributed by atoms with Crippen LogP contribution in [0.5, 0.6) is 0 Å². The SMILES string of the molecule is OC[C@@H]1C[C@H](O)[C@H](O)[C@@H](O[C@@H]2[C@H](O)[C@@H](c3cccc(C4CCCCC4)c3)O[C@H](CO)[C@H]2O)O1. The fourth-order valence-electron chi connectivity index (χ4n) is 5.25. The first-order chi connectivity index (χ1) is 15.9. The molecule has 186 valence electrons. The van der Waals surface area contributed by atoms with Crippen LogP contribution in [0.1, 0.15) is 61.7 Å². The molecule has 2 saturated heterocycles. The Morgan fingerprint density at radius 2 is 1.58 bits per heavy atom. The van der Waals surface area contributed by atoms with Crippen LogP contribution in [0.2, 0.25) is 0 Å². The van der Waals surface area contributed by atoms with Gasteiger partial charge in [0, 0.05) is 6.42 Å². The van der Waals surface area contributed by atoms with Gasteiger partial charge in [0.05, 0.1) is 25.4 Å². The lowest BCUT2D eigenvalue weighted by Gasteiger charge is -2.45. The predicted octanol–water partition coefficient (Wildman–Crippen LogP) is 0.103. The summed E-state index contributed by atoms with van der Waals surface area (Å²) in [4.78, 5) is 0. The van der Waals surface area contributed by atoms with Gasteiger partial charge in [0.1, 0.15) is 36.6 Å². The molecule has 33 heavy (non-hydrogen) atoms. The third-order valence-corrected chi connectivity index (χ3v) is 7.18. The fraction of sp³-hybridized carbons (Fsp3) is 0.750. The van der Waals surface area contributed by atoms with E-state index in [1.54, 1.807) is 0 Å². The van der Waals surface area contributed by atoms with Gasteiger partial charge in [-0.2, -0.15) is 0 Å². The molecule has 9 heteroatoms. The second kappa shape index (κ2) is 11.1. The van der Waals surface area contributed by atoms with Gasteiger partial charge >= 0.3 is 0 Å². The van der Waals surface area contributed by atoms with Crippen molar-refractivity contribution in [3.05, 3.63) is 35.4 Å². The van der Waals surface area contributed by atoms with Crippen molar-refractivity contribution in [2.75, 3.05) is 13.2 Å². The highest BCUT2D eigenvalue weighted by atomic mass is 16.7. The van der Waals surface area contributed by atoms with Crippen molar-refractivity contribution in [1.29, 1.82) is 0 Å². The van der Waals surface area contributed by atoms with Crippen molar-refractivity contribution in [3.63, 3.8) is 0 Å². The Hall–Kier alpha value is -1.14. The average Bonchev–Trinajstić information content (AvgIpc) is 2.85. The summed E-state index contributed by atoms with van der Waals surface area (Å²) >= 11 is 0. The molecule has 9 nitrogen and oxygen atoms in total.